The Morgan fingerprint density at radius 2 is 1.93 bits per heavy atom. The van der Waals surface area contributed by atoms with Gasteiger partial charge in [-0.2, -0.15) is 0 Å². The van der Waals surface area contributed by atoms with E-state index in [9.17, 15) is 4.79 Å². The topological polar surface area (TPSA) is 51.2 Å². The van der Waals surface area contributed by atoms with Crippen LogP contribution in [0.15, 0.2) is 60.0 Å². The molecule has 3 aromatic rings. The number of carbonyl (C=O) groups excluding carboxylic acids is 1. The van der Waals surface area contributed by atoms with Crippen molar-refractivity contribution < 1.29 is 9.53 Å². The van der Waals surface area contributed by atoms with Crippen molar-refractivity contribution in [3.63, 3.8) is 0 Å². The largest absolute Gasteiger partial charge is 0.493 e. The Labute approximate surface area is 176 Å². The van der Waals surface area contributed by atoms with Crippen LogP contribution in [0, 0.1) is 0 Å². The van der Waals surface area contributed by atoms with Crippen LogP contribution >= 0.6 is 11.3 Å². The highest BCUT2D eigenvalue weighted by Crippen LogP contribution is 2.25. The first-order valence-electron chi connectivity index (χ1n) is 9.95. The third kappa shape index (κ3) is 6.03. The van der Waals surface area contributed by atoms with Crippen molar-refractivity contribution in [2.45, 2.75) is 33.1 Å². The number of carbonyl (C=O) groups is 1. The first-order valence-corrected chi connectivity index (χ1v) is 10.8. The van der Waals surface area contributed by atoms with Crippen LogP contribution < -0.4 is 10.1 Å². The number of ether oxygens (including phenoxy) is 1. The molecule has 1 N–H and O–H groups in total. The standard InChI is InChI=1S/C24H26N2O2S/c1-3-5-16-28-22-9-7-6-8-20(22)14-15-23(27)26-24-25-21(17-29-24)19-12-10-18(4-2)11-13-19/h6-15,17H,3-5,16H2,1-2H3,(H,25,26,27)/b15-14+. The molecule has 1 amide bonds. The van der Waals surface area contributed by atoms with Crippen LogP contribution in [0.1, 0.15) is 37.8 Å². The maximum atomic E-state index is 12.3. The van der Waals surface area contributed by atoms with Gasteiger partial charge in [-0.3, -0.25) is 10.1 Å². The molecule has 0 saturated carbocycles. The monoisotopic (exact) mass is 406 g/mol. The number of benzene rings is 2. The molecule has 0 spiro atoms. The Bertz CT molecular complexity index is 961. The van der Waals surface area contributed by atoms with Gasteiger partial charge in [-0.25, -0.2) is 4.98 Å². The van der Waals surface area contributed by atoms with Crippen LogP contribution in [0.3, 0.4) is 0 Å². The minimum absolute atomic E-state index is 0.212. The van der Waals surface area contributed by atoms with E-state index in [0.29, 0.717) is 11.7 Å². The summed E-state index contributed by atoms with van der Waals surface area (Å²) in [4.78, 5) is 16.8. The molecular formula is C24H26N2O2S. The number of nitrogens with one attached hydrogen (secondary N) is 1. The number of rotatable bonds is 9. The van der Waals surface area contributed by atoms with Crippen molar-refractivity contribution in [2.24, 2.45) is 0 Å². The summed E-state index contributed by atoms with van der Waals surface area (Å²) in [6.07, 6.45) is 6.39. The Balaban J connectivity index is 1.62. The minimum Gasteiger partial charge on any atom is -0.493 e. The summed E-state index contributed by atoms with van der Waals surface area (Å²) in [5, 5.41) is 5.38. The number of para-hydroxylation sites is 1. The number of thiazole rings is 1. The highest BCUT2D eigenvalue weighted by molar-refractivity contribution is 7.14. The van der Waals surface area contributed by atoms with Crippen molar-refractivity contribution >= 4 is 28.5 Å². The molecule has 0 fully saturated rings. The molecular weight excluding hydrogens is 380 g/mol. The molecule has 0 aliphatic carbocycles. The number of aryl methyl sites for hydroxylation is 1. The lowest BCUT2D eigenvalue weighted by atomic mass is 10.1. The lowest BCUT2D eigenvalue weighted by Crippen LogP contribution is -2.07. The predicted octanol–water partition coefficient (Wildman–Crippen LogP) is 6.20. The van der Waals surface area contributed by atoms with E-state index in [1.54, 1.807) is 6.08 Å². The van der Waals surface area contributed by atoms with Gasteiger partial charge < -0.3 is 4.74 Å². The van der Waals surface area contributed by atoms with Crippen LogP contribution in [0.25, 0.3) is 17.3 Å². The molecule has 1 aromatic heterocycles. The fourth-order valence-electron chi connectivity index (χ4n) is 2.76. The third-order valence-electron chi connectivity index (χ3n) is 4.48. The van der Waals surface area contributed by atoms with Crippen LogP contribution in [0.2, 0.25) is 0 Å². The fourth-order valence-corrected chi connectivity index (χ4v) is 3.49. The SMILES string of the molecule is CCCCOc1ccccc1/C=C/C(=O)Nc1nc(-c2ccc(CC)cc2)cs1. The molecule has 0 unspecified atom stereocenters. The number of anilines is 1. The fraction of sp³-hybridized carbons (Fsp3) is 0.250. The van der Waals surface area contributed by atoms with Gasteiger partial charge in [-0.15, -0.1) is 11.3 Å². The average Bonchev–Trinajstić information content (AvgIpc) is 3.21. The summed E-state index contributed by atoms with van der Waals surface area (Å²) >= 11 is 1.42. The van der Waals surface area contributed by atoms with Gasteiger partial charge in [0.05, 0.1) is 12.3 Å². The average molecular weight is 407 g/mol. The lowest BCUT2D eigenvalue weighted by Gasteiger charge is -2.08. The van der Waals surface area contributed by atoms with Crippen LogP contribution in [0.4, 0.5) is 5.13 Å². The first-order chi connectivity index (χ1) is 14.2. The molecule has 0 atom stereocenters. The van der Waals surface area contributed by atoms with Gasteiger partial charge in [0.2, 0.25) is 5.91 Å². The van der Waals surface area contributed by atoms with E-state index in [2.05, 4.69) is 48.4 Å². The van der Waals surface area contributed by atoms with Gasteiger partial charge >= 0.3 is 0 Å². The maximum Gasteiger partial charge on any atom is 0.250 e. The van der Waals surface area contributed by atoms with Gasteiger partial charge in [0.1, 0.15) is 5.75 Å². The zero-order valence-electron chi connectivity index (χ0n) is 16.9. The second-order valence-electron chi connectivity index (χ2n) is 6.65. The van der Waals surface area contributed by atoms with Crippen molar-refractivity contribution in [1.82, 2.24) is 4.98 Å². The smallest absolute Gasteiger partial charge is 0.250 e. The lowest BCUT2D eigenvalue weighted by molar-refractivity contribution is -0.111. The number of unbranched alkanes of at least 4 members (excludes halogenated alkanes) is 1. The van der Waals surface area contributed by atoms with E-state index < -0.39 is 0 Å². The molecule has 0 aliphatic heterocycles. The Hall–Kier alpha value is -2.92. The van der Waals surface area contributed by atoms with E-state index in [0.717, 1.165) is 41.8 Å². The second kappa shape index (κ2) is 10.6. The van der Waals surface area contributed by atoms with Gasteiger partial charge in [-0.1, -0.05) is 62.7 Å². The molecule has 29 heavy (non-hydrogen) atoms. The summed E-state index contributed by atoms with van der Waals surface area (Å²) < 4.78 is 5.80. The zero-order chi connectivity index (χ0) is 20.5. The Morgan fingerprint density at radius 3 is 2.69 bits per heavy atom. The van der Waals surface area contributed by atoms with Crippen LogP contribution in [0.5, 0.6) is 5.75 Å². The molecule has 150 valence electrons. The highest BCUT2D eigenvalue weighted by atomic mass is 32.1. The van der Waals surface area contributed by atoms with Gasteiger partial charge in [-0.05, 0) is 30.5 Å². The quantitative estimate of drug-likeness (QED) is 0.340. The Kier molecular flexibility index (Phi) is 7.59. The number of aromatic nitrogens is 1. The van der Waals surface area contributed by atoms with Crippen molar-refractivity contribution in [3.05, 3.63) is 71.1 Å². The molecule has 0 radical (unpaired) electrons. The highest BCUT2D eigenvalue weighted by Gasteiger charge is 2.07. The zero-order valence-corrected chi connectivity index (χ0v) is 17.7. The summed E-state index contributed by atoms with van der Waals surface area (Å²) in [5.74, 6) is 0.577. The summed E-state index contributed by atoms with van der Waals surface area (Å²) in [6, 6.07) is 16.1. The van der Waals surface area contributed by atoms with Crippen molar-refractivity contribution in [3.8, 4) is 17.0 Å². The van der Waals surface area contributed by atoms with Crippen LogP contribution in [-0.4, -0.2) is 17.5 Å². The number of nitrogens with zero attached hydrogens (tertiary/aromatic N) is 1. The summed E-state index contributed by atoms with van der Waals surface area (Å²) in [6.45, 7) is 4.94. The molecule has 2 aromatic carbocycles. The second-order valence-corrected chi connectivity index (χ2v) is 7.51. The minimum atomic E-state index is -0.212. The number of hydrogen-bond donors (Lipinski definition) is 1. The molecule has 5 heteroatoms. The van der Waals surface area contributed by atoms with Crippen molar-refractivity contribution in [1.29, 1.82) is 0 Å². The van der Waals surface area contributed by atoms with Gasteiger partial charge in [0.25, 0.3) is 0 Å². The van der Waals surface area contributed by atoms with E-state index in [-0.39, 0.29) is 5.91 Å². The number of amides is 1. The van der Waals surface area contributed by atoms with E-state index in [1.807, 2.05) is 29.6 Å². The normalized spacial score (nSPS) is 11.0. The first kappa shape index (κ1) is 20.8. The van der Waals surface area contributed by atoms with Crippen LogP contribution in [-0.2, 0) is 11.2 Å². The van der Waals surface area contributed by atoms with Gasteiger partial charge in [0, 0.05) is 22.6 Å². The van der Waals surface area contributed by atoms with Gasteiger partial charge in [0.15, 0.2) is 5.13 Å². The summed E-state index contributed by atoms with van der Waals surface area (Å²) in [5.41, 5.74) is 4.09. The van der Waals surface area contributed by atoms with E-state index in [4.69, 9.17) is 4.74 Å². The molecule has 0 bridgehead atoms. The summed E-state index contributed by atoms with van der Waals surface area (Å²) in [7, 11) is 0. The number of hydrogen-bond acceptors (Lipinski definition) is 4. The Morgan fingerprint density at radius 1 is 1.14 bits per heavy atom. The van der Waals surface area contributed by atoms with E-state index in [1.165, 1.54) is 23.0 Å². The predicted molar refractivity (Wildman–Crippen MR) is 121 cm³/mol. The van der Waals surface area contributed by atoms with E-state index >= 15 is 0 Å². The molecule has 0 saturated heterocycles. The molecule has 0 aliphatic rings. The maximum absolute atomic E-state index is 12.3. The molecule has 4 nitrogen and oxygen atoms in total. The third-order valence-corrected chi connectivity index (χ3v) is 5.24. The molecule has 3 rings (SSSR count). The molecule has 1 heterocycles. The van der Waals surface area contributed by atoms with Crippen molar-refractivity contribution in [2.75, 3.05) is 11.9 Å².